The predicted octanol–water partition coefficient (Wildman–Crippen LogP) is 1.27. The highest BCUT2D eigenvalue weighted by Gasteiger charge is 2.16. The Morgan fingerprint density at radius 1 is 1.41 bits per heavy atom. The highest BCUT2D eigenvalue weighted by molar-refractivity contribution is 6.32. The van der Waals surface area contributed by atoms with E-state index in [-0.39, 0.29) is 17.0 Å². The minimum atomic E-state index is -0.466. The Kier molecular flexibility index (Phi) is 5.37. The van der Waals surface area contributed by atoms with Crippen LogP contribution in [-0.2, 0) is 4.79 Å². The third kappa shape index (κ3) is 4.32. The standard InChI is InChI=1S/C9H13Cl2N5O/c1-2-3-4-16(5-6(12)17)8-7(10)14-15-9(11)13-8/h2-5H2,1H3,(H2,12,17). The molecular formula is C9H13Cl2N5O. The van der Waals surface area contributed by atoms with Crippen molar-refractivity contribution < 1.29 is 4.79 Å². The molecule has 1 heterocycles. The van der Waals surface area contributed by atoms with Crippen molar-refractivity contribution in [2.24, 2.45) is 5.73 Å². The summed E-state index contributed by atoms with van der Waals surface area (Å²) in [6.07, 6.45) is 1.85. The lowest BCUT2D eigenvalue weighted by atomic mass is 10.3. The third-order valence-electron chi connectivity index (χ3n) is 2.03. The van der Waals surface area contributed by atoms with Gasteiger partial charge < -0.3 is 10.6 Å². The van der Waals surface area contributed by atoms with E-state index in [1.165, 1.54) is 0 Å². The highest BCUT2D eigenvalue weighted by atomic mass is 35.5. The first-order valence-corrected chi connectivity index (χ1v) is 5.89. The van der Waals surface area contributed by atoms with E-state index in [0.29, 0.717) is 12.4 Å². The van der Waals surface area contributed by atoms with Crippen LogP contribution < -0.4 is 10.6 Å². The second-order valence-corrected chi connectivity index (χ2v) is 4.13. The highest BCUT2D eigenvalue weighted by Crippen LogP contribution is 2.21. The van der Waals surface area contributed by atoms with Crippen LogP contribution >= 0.6 is 23.2 Å². The molecule has 0 bridgehead atoms. The number of carbonyl (C=O) groups is 1. The smallest absolute Gasteiger partial charge is 0.245 e. The van der Waals surface area contributed by atoms with Gasteiger partial charge in [0.05, 0.1) is 6.54 Å². The van der Waals surface area contributed by atoms with Gasteiger partial charge in [0.1, 0.15) is 0 Å². The van der Waals surface area contributed by atoms with E-state index in [1.54, 1.807) is 4.90 Å². The number of hydrogen-bond donors (Lipinski definition) is 1. The lowest BCUT2D eigenvalue weighted by Crippen LogP contribution is -2.35. The first-order chi connectivity index (χ1) is 8.04. The Morgan fingerprint density at radius 3 is 2.71 bits per heavy atom. The average Bonchev–Trinajstić information content (AvgIpc) is 2.27. The molecule has 0 spiro atoms. The third-order valence-corrected chi connectivity index (χ3v) is 2.44. The number of unbranched alkanes of at least 4 members (excludes halogenated alkanes) is 1. The lowest BCUT2D eigenvalue weighted by Gasteiger charge is -2.21. The Morgan fingerprint density at radius 2 is 2.12 bits per heavy atom. The van der Waals surface area contributed by atoms with Gasteiger partial charge >= 0.3 is 0 Å². The van der Waals surface area contributed by atoms with Crippen molar-refractivity contribution >= 4 is 34.9 Å². The predicted molar refractivity (Wildman–Crippen MR) is 66.2 cm³/mol. The molecule has 0 fully saturated rings. The number of hydrogen-bond acceptors (Lipinski definition) is 5. The number of carbonyl (C=O) groups excluding carboxylic acids is 1. The van der Waals surface area contributed by atoms with Crippen LogP contribution in [0.1, 0.15) is 19.8 Å². The Balaban J connectivity index is 2.93. The normalized spacial score (nSPS) is 10.3. The van der Waals surface area contributed by atoms with Gasteiger partial charge in [-0.2, -0.15) is 4.98 Å². The van der Waals surface area contributed by atoms with Crippen LogP contribution in [-0.4, -0.2) is 34.2 Å². The van der Waals surface area contributed by atoms with Crippen molar-refractivity contribution in [2.75, 3.05) is 18.0 Å². The molecule has 1 rings (SSSR count). The zero-order valence-electron chi connectivity index (χ0n) is 9.36. The van der Waals surface area contributed by atoms with Gasteiger partial charge in [0.25, 0.3) is 0 Å². The molecule has 94 valence electrons. The largest absolute Gasteiger partial charge is 0.368 e. The second kappa shape index (κ2) is 6.56. The summed E-state index contributed by atoms with van der Waals surface area (Å²) in [6, 6.07) is 0. The van der Waals surface area contributed by atoms with Crippen LogP contribution in [0.4, 0.5) is 5.82 Å². The van der Waals surface area contributed by atoms with Gasteiger partial charge in [-0.15, -0.1) is 10.2 Å². The molecule has 0 atom stereocenters. The van der Waals surface area contributed by atoms with E-state index in [2.05, 4.69) is 15.2 Å². The second-order valence-electron chi connectivity index (χ2n) is 3.44. The molecule has 6 nitrogen and oxygen atoms in total. The number of primary amides is 1. The van der Waals surface area contributed by atoms with Crippen molar-refractivity contribution in [3.05, 3.63) is 10.4 Å². The fourth-order valence-electron chi connectivity index (χ4n) is 1.28. The van der Waals surface area contributed by atoms with Gasteiger partial charge in [-0.1, -0.05) is 24.9 Å². The molecule has 1 amide bonds. The van der Waals surface area contributed by atoms with E-state index >= 15 is 0 Å². The molecule has 0 aliphatic heterocycles. The monoisotopic (exact) mass is 277 g/mol. The van der Waals surface area contributed by atoms with Crippen LogP contribution in [0.5, 0.6) is 0 Å². The summed E-state index contributed by atoms with van der Waals surface area (Å²) in [6.45, 7) is 2.66. The molecule has 0 saturated heterocycles. The van der Waals surface area contributed by atoms with Crippen LogP contribution in [0, 0.1) is 0 Å². The minimum Gasteiger partial charge on any atom is -0.368 e. The van der Waals surface area contributed by atoms with E-state index in [1.807, 2.05) is 6.92 Å². The van der Waals surface area contributed by atoms with Crippen molar-refractivity contribution in [3.63, 3.8) is 0 Å². The van der Waals surface area contributed by atoms with Crippen molar-refractivity contribution in [2.45, 2.75) is 19.8 Å². The van der Waals surface area contributed by atoms with Gasteiger partial charge in [0.2, 0.25) is 11.2 Å². The Hall–Kier alpha value is -1.14. The topological polar surface area (TPSA) is 85.0 Å². The molecule has 0 saturated carbocycles. The molecule has 17 heavy (non-hydrogen) atoms. The molecule has 0 radical (unpaired) electrons. The van der Waals surface area contributed by atoms with Gasteiger partial charge in [0, 0.05) is 6.54 Å². The minimum absolute atomic E-state index is 0.0182. The SMILES string of the molecule is CCCCN(CC(N)=O)c1nc(Cl)nnc1Cl. The molecule has 8 heteroatoms. The summed E-state index contributed by atoms with van der Waals surface area (Å²) in [5.74, 6) is -0.133. The Labute approximate surface area is 109 Å². The lowest BCUT2D eigenvalue weighted by molar-refractivity contribution is -0.116. The summed E-state index contributed by atoms with van der Waals surface area (Å²) >= 11 is 11.5. The van der Waals surface area contributed by atoms with Crippen LogP contribution in [0.15, 0.2) is 0 Å². The zero-order chi connectivity index (χ0) is 12.8. The molecular weight excluding hydrogens is 265 g/mol. The summed E-state index contributed by atoms with van der Waals surface area (Å²) in [7, 11) is 0. The fraction of sp³-hybridized carbons (Fsp3) is 0.556. The number of rotatable bonds is 6. The summed E-state index contributed by atoms with van der Waals surface area (Å²) in [5, 5.41) is 7.24. The van der Waals surface area contributed by atoms with E-state index < -0.39 is 5.91 Å². The first-order valence-electron chi connectivity index (χ1n) is 5.13. The summed E-state index contributed by atoms with van der Waals surface area (Å²) in [4.78, 5) is 16.6. The maximum absolute atomic E-state index is 11.0. The summed E-state index contributed by atoms with van der Waals surface area (Å²) in [5.41, 5.74) is 5.17. The summed E-state index contributed by atoms with van der Waals surface area (Å²) < 4.78 is 0. The molecule has 1 aromatic rings. The van der Waals surface area contributed by atoms with Gasteiger partial charge in [-0.3, -0.25) is 4.79 Å². The number of aromatic nitrogens is 3. The van der Waals surface area contributed by atoms with Crippen LogP contribution in [0.25, 0.3) is 0 Å². The first kappa shape index (κ1) is 13.9. The average molecular weight is 278 g/mol. The number of halogens is 2. The van der Waals surface area contributed by atoms with Crippen molar-refractivity contribution in [3.8, 4) is 0 Å². The Bertz CT molecular complexity index is 401. The van der Waals surface area contributed by atoms with Crippen LogP contribution in [0.3, 0.4) is 0 Å². The molecule has 1 aromatic heterocycles. The quantitative estimate of drug-likeness (QED) is 0.847. The molecule has 0 aliphatic rings. The molecule has 2 N–H and O–H groups in total. The van der Waals surface area contributed by atoms with Gasteiger partial charge in [0.15, 0.2) is 11.0 Å². The van der Waals surface area contributed by atoms with E-state index in [9.17, 15) is 4.79 Å². The fourth-order valence-corrected chi connectivity index (χ4v) is 1.60. The number of amides is 1. The molecule has 0 unspecified atom stereocenters. The van der Waals surface area contributed by atoms with Crippen LogP contribution in [0.2, 0.25) is 10.4 Å². The zero-order valence-corrected chi connectivity index (χ0v) is 10.9. The number of anilines is 1. The van der Waals surface area contributed by atoms with Gasteiger partial charge in [-0.25, -0.2) is 0 Å². The maximum Gasteiger partial charge on any atom is 0.245 e. The maximum atomic E-state index is 11.0. The van der Waals surface area contributed by atoms with Crippen molar-refractivity contribution in [1.82, 2.24) is 15.2 Å². The molecule has 0 aromatic carbocycles. The molecule has 0 aliphatic carbocycles. The van der Waals surface area contributed by atoms with E-state index in [0.717, 1.165) is 12.8 Å². The number of nitrogens with two attached hydrogens (primary N) is 1. The van der Waals surface area contributed by atoms with E-state index in [4.69, 9.17) is 28.9 Å². The van der Waals surface area contributed by atoms with Gasteiger partial charge in [-0.05, 0) is 18.0 Å². The van der Waals surface area contributed by atoms with Crippen molar-refractivity contribution in [1.29, 1.82) is 0 Å². The number of nitrogens with zero attached hydrogens (tertiary/aromatic N) is 4.